The average Bonchev–Trinajstić information content (AvgIpc) is 2.72. The second-order valence-electron chi connectivity index (χ2n) is 3.56. The van der Waals surface area contributed by atoms with Crippen molar-refractivity contribution in [1.29, 1.82) is 0 Å². The fourth-order valence-corrected chi connectivity index (χ4v) is 2.90. The highest BCUT2D eigenvalue weighted by atomic mass is 35.5. The Balaban J connectivity index is 1.91. The van der Waals surface area contributed by atoms with E-state index in [4.69, 9.17) is 16.3 Å². The molecule has 2 heterocycles. The van der Waals surface area contributed by atoms with E-state index in [1.807, 2.05) is 0 Å². The highest BCUT2D eigenvalue weighted by Crippen LogP contribution is 2.32. The standard InChI is InChI=1S/C10H11ClF2N2OS/c11-10-6-4-17-5-7(6)14-9(15-10)1-2-16-3-8(12)13/h8H,1-5H2. The summed E-state index contributed by atoms with van der Waals surface area (Å²) in [6, 6.07) is 0. The molecule has 0 bridgehead atoms. The first-order chi connectivity index (χ1) is 8.16. The highest BCUT2D eigenvalue weighted by Gasteiger charge is 2.18. The molecule has 1 aromatic rings. The van der Waals surface area contributed by atoms with Gasteiger partial charge in [-0.3, -0.25) is 0 Å². The molecule has 0 saturated heterocycles. The van der Waals surface area contributed by atoms with E-state index in [1.165, 1.54) is 0 Å². The van der Waals surface area contributed by atoms with E-state index in [0.717, 1.165) is 22.8 Å². The second kappa shape index (κ2) is 5.93. The van der Waals surface area contributed by atoms with E-state index < -0.39 is 13.0 Å². The summed E-state index contributed by atoms with van der Waals surface area (Å²) in [6.45, 7) is -0.360. The summed E-state index contributed by atoms with van der Waals surface area (Å²) in [5.74, 6) is 2.24. The fraction of sp³-hybridized carbons (Fsp3) is 0.600. The van der Waals surface area contributed by atoms with E-state index in [2.05, 4.69) is 9.97 Å². The number of fused-ring (bicyclic) bond motifs is 1. The number of halogens is 3. The van der Waals surface area contributed by atoms with Crippen LogP contribution in [0.2, 0.25) is 5.15 Å². The van der Waals surface area contributed by atoms with Crippen LogP contribution in [-0.4, -0.2) is 29.6 Å². The Labute approximate surface area is 107 Å². The summed E-state index contributed by atoms with van der Waals surface area (Å²) >= 11 is 7.75. The summed E-state index contributed by atoms with van der Waals surface area (Å²) in [4.78, 5) is 8.48. The smallest absolute Gasteiger partial charge is 0.261 e. The van der Waals surface area contributed by atoms with Crippen molar-refractivity contribution in [3.8, 4) is 0 Å². The van der Waals surface area contributed by atoms with Gasteiger partial charge in [-0.1, -0.05) is 11.6 Å². The van der Waals surface area contributed by atoms with Gasteiger partial charge in [-0.05, 0) is 0 Å². The van der Waals surface area contributed by atoms with Gasteiger partial charge in [0.2, 0.25) is 0 Å². The molecule has 0 fully saturated rings. The molecule has 0 spiro atoms. The molecule has 0 amide bonds. The van der Waals surface area contributed by atoms with Gasteiger partial charge in [0.1, 0.15) is 17.6 Å². The number of thioether (sulfide) groups is 1. The predicted molar refractivity (Wildman–Crippen MR) is 62.6 cm³/mol. The fourth-order valence-electron chi connectivity index (χ4n) is 1.51. The van der Waals surface area contributed by atoms with Crippen molar-refractivity contribution >= 4 is 23.4 Å². The van der Waals surface area contributed by atoms with Crippen LogP contribution in [0.15, 0.2) is 0 Å². The zero-order valence-corrected chi connectivity index (χ0v) is 10.5. The summed E-state index contributed by atoms with van der Waals surface area (Å²) in [6.07, 6.45) is -2.03. The third-order valence-corrected chi connectivity index (χ3v) is 3.57. The van der Waals surface area contributed by atoms with Gasteiger partial charge in [0.25, 0.3) is 6.43 Å². The lowest BCUT2D eigenvalue weighted by atomic mass is 10.2. The molecule has 17 heavy (non-hydrogen) atoms. The maximum atomic E-state index is 11.8. The minimum Gasteiger partial charge on any atom is -0.375 e. The summed E-state index contributed by atoms with van der Waals surface area (Å²) < 4.78 is 28.4. The van der Waals surface area contributed by atoms with Crippen LogP contribution in [0.5, 0.6) is 0 Å². The molecule has 0 radical (unpaired) electrons. The topological polar surface area (TPSA) is 35.0 Å². The Kier molecular flexibility index (Phi) is 4.53. The average molecular weight is 281 g/mol. The van der Waals surface area contributed by atoms with E-state index in [0.29, 0.717) is 17.4 Å². The quantitative estimate of drug-likeness (QED) is 0.614. The molecule has 0 aromatic carbocycles. The Morgan fingerprint density at radius 1 is 1.35 bits per heavy atom. The molecule has 0 aliphatic carbocycles. The molecule has 3 nitrogen and oxygen atoms in total. The van der Waals surface area contributed by atoms with Crippen molar-refractivity contribution in [3.63, 3.8) is 0 Å². The number of nitrogens with zero attached hydrogens (tertiary/aromatic N) is 2. The Hall–Kier alpha value is -0.460. The molecular formula is C10H11ClF2N2OS. The van der Waals surface area contributed by atoms with Gasteiger partial charge in [0.05, 0.1) is 12.3 Å². The summed E-state index contributed by atoms with van der Waals surface area (Å²) in [5, 5.41) is 0.476. The lowest BCUT2D eigenvalue weighted by molar-refractivity contribution is 0.0182. The van der Waals surface area contributed by atoms with Crippen molar-refractivity contribution in [2.45, 2.75) is 24.4 Å². The van der Waals surface area contributed by atoms with Gasteiger partial charge in [0, 0.05) is 23.5 Å². The molecule has 0 saturated carbocycles. The van der Waals surface area contributed by atoms with Crippen LogP contribution in [0.4, 0.5) is 8.78 Å². The predicted octanol–water partition coefficient (Wildman–Crippen LogP) is 2.70. The maximum absolute atomic E-state index is 11.8. The molecule has 1 aliphatic heterocycles. The number of alkyl halides is 2. The lowest BCUT2D eigenvalue weighted by Gasteiger charge is -2.05. The largest absolute Gasteiger partial charge is 0.375 e. The first-order valence-corrected chi connectivity index (χ1v) is 6.68. The number of ether oxygens (including phenoxy) is 1. The number of aromatic nitrogens is 2. The third-order valence-electron chi connectivity index (χ3n) is 2.29. The van der Waals surface area contributed by atoms with Gasteiger partial charge >= 0.3 is 0 Å². The molecule has 1 aromatic heterocycles. The maximum Gasteiger partial charge on any atom is 0.261 e. The van der Waals surface area contributed by atoms with Crippen LogP contribution < -0.4 is 0 Å². The van der Waals surface area contributed by atoms with Crippen LogP contribution >= 0.6 is 23.4 Å². The van der Waals surface area contributed by atoms with Crippen LogP contribution in [0.25, 0.3) is 0 Å². The lowest BCUT2D eigenvalue weighted by Crippen LogP contribution is -2.09. The van der Waals surface area contributed by atoms with Crippen molar-refractivity contribution in [3.05, 3.63) is 22.2 Å². The van der Waals surface area contributed by atoms with E-state index in [-0.39, 0.29) is 6.61 Å². The molecule has 0 atom stereocenters. The van der Waals surface area contributed by atoms with E-state index in [9.17, 15) is 8.78 Å². The molecule has 1 aliphatic rings. The van der Waals surface area contributed by atoms with Crippen LogP contribution in [0.3, 0.4) is 0 Å². The number of hydrogen-bond donors (Lipinski definition) is 0. The number of hydrogen-bond acceptors (Lipinski definition) is 4. The second-order valence-corrected chi connectivity index (χ2v) is 4.91. The summed E-state index contributed by atoms with van der Waals surface area (Å²) in [7, 11) is 0. The number of rotatable bonds is 5. The van der Waals surface area contributed by atoms with E-state index >= 15 is 0 Å². The minimum absolute atomic E-state index is 0.187. The first-order valence-electron chi connectivity index (χ1n) is 5.14. The van der Waals surface area contributed by atoms with Crippen molar-refractivity contribution in [2.24, 2.45) is 0 Å². The van der Waals surface area contributed by atoms with Gasteiger partial charge in [-0.2, -0.15) is 11.8 Å². The zero-order valence-electron chi connectivity index (χ0n) is 8.96. The Bertz CT molecular complexity index is 406. The van der Waals surface area contributed by atoms with Gasteiger partial charge < -0.3 is 4.74 Å². The van der Waals surface area contributed by atoms with Crippen LogP contribution in [0.1, 0.15) is 17.1 Å². The van der Waals surface area contributed by atoms with Crippen LogP contribution in [-0.2, 0) is 22.7 Å². The zero-order chi connectivity index (χ0) is 12.3. The minimum atomic E-state index is -2.43. The summed E-state index contributed by atoms with van der Waals surface area (Å²) in [5.41, 5.74) is 1.95. The van der Waals surface area contributed by atoms with Gasteiger partial charge in [0.15, 0.2) is 0 Å². The van der Waals surface area contributed by atoms with Gasteiger partial charge in [-0.15, -0.1) is 0 Å². The normalized spacial score (nSPS) is 14.4. The first kappa shape index (κ1) is 13.0. The molecule has 0 unspecified atom stereocenters. The molecule has 2 rings (SSSR count). The molecule has 94 valence electrons. The van der Waals surface area contributed by atoms with Crippen LogP contribution in [0, 0.1) is 0 Å². The molecular weight excluding hydrogens is 270 g/mol. The van der Waals surface area contributed by atoms with E-state index in [1.54, 1.807) is 11.8 Å². The third kappa shape index (κ3) is 3.50. The monoisotopic (exact) mass is 280 g/mol. The van der Waals surface area contributed by atoms with Gasteiger partial charge in [-0.25, -0.2) is 18.7 Å². The Morgan fingerprint density at radius 2 is 2.18 bits per heavy atom. The molecule has 7 heteroatoms. The van der Waals surface area contributed by atoms with Crippen molar-refractivity contribution < 1.29 is 13.5 Å². The highest BCUT2D eigenvalue weighted by molar-refractivity contribution is 7.98. The SMILES string of the molecule is FC(F)COCCc1nc(Cl)c2c(n1)CSC2. The Morgan fingerprint density at radius 3 is 2.94 bits per heavy atom. The van der Waals surface area contributed by atoms with Crippen molar-refractivity contribution in [1.82, 2.24) is 9.97 Å². The van der Waals surface area contributed by atoms with Crippen molar-refractivity contribution in [2.75, 3.05) is 13.2 Å². The molecule has 0 N–H and O–H groups in total.